The highest BCUT2D eigenvalue weighted by atomic mass is 35.5. The van der Waals surface area contributed by atoms with Gasteiger partial charge in [0, 0.05) is 66.5 Å². The van der Waals surface area contributed by atoms with Gasteiger partial charge in [0.1, 0.15) is 23.8 Å². The number of aliphatic hydroxyl groups excluding tert-OH is 1. The first kappa shape index (κ1) is 47.4. The minimum Gasteiger partial charge on any atom is -0.488 e. The molecule has 17 heteroatoms. The summed E-state index contributed by atoms with van der Waals surface area (Å²) in [6.45, 7) is 8.31. The van der Waals surface area contributed by atoms with Crippen molar-refractivity contribution in [2.75, 3.05) is 70.5 Å². The Morgan fingerprint density at radius 3 is 2.49 bits per heavy atom. The summed E-state index contributed by atoms with van der Waals surface area (Å²) in [5, 5.41) is 20.6. The van der Waals surface area contributed by atoms with Gasteiger partial charge in [0.05, 0.1) is 22.7 Å². The molecular formula is C51H59ClF2N8O6. The van der Waals surface area contributed by atoms with E-state index in [0.29, 0.717) is 42.9 Å². The highest BCUT2D eigenvalue weighted by molar-refractivity contribution is 6.34. The smallest absolute Gasteiger partial charge is 0.329 e. The maximum atomic E-state index is 16.4. The van der Waals surface area contributed by atoms with Crippen molar-refractivity contribution in [2.24, 2.45) is 12.8 Å². The van der Waals surface area contributed by atoms with Crippen LogP contribution in [0.15, 0.2) is 66.7 Å². The number of aromatic nitrogens is 2. The average Bonchev–Trinajstić information content (AvgIpc) is 3.82. The Hall–Kier alpha value is -5.65. The molecule has 0 radical (unpaired) electrons. The summed E-state index contributed by atoms with van der Waals surface area (Å²) in [6, 6.07) is 20.1. The lowest BCUT2D eigenvalue weighted by atomic mass is 9.75. The van der Waals surface area contributed by atoms with Crippen molar-refractivity contribution in [3.8, 4) is 22.6 Å². The van der Waals surface area contributed by atoms with Gasteiger partial charge in [-0.05, 0) is 119 Å². The van der Waals surface area contributed by atoms with Crippen LogP contribution in [0.4, 0.5) is 19.4 Å². The molecule has 360 valence electrons. The maximum absolute atomic E-state index is 16.4. The highest BCUT2D eigenvalue weighted by Crippen LogP contribution is 2.57. The van der Waals surface area contributed by atoms with Crippen LogP contribution in [0.2, 0.25) is 5.02 Å². The molecule has 1 unspecified atom stereocenters. The van der Waals surface area contributed by atoms with E-state index in [2.05, 4.69) is 43.7 Å². The number of halogens is 3. The number of rotatable bonds is 16. The van der Waals surface area contributed by atoms with Crippen LogP contribution in [0.5, 0.6) is 11.5 Å². The number of carbonyl (C=O) groups excluding carboxylic acids is 3. The predicted molar refractivity (Wildman–Crippen MR) is 256 cm³/mol. The maximum Gasteiger partial charge on any atom is 0.329 e. The number of amides is 4. The van der Waals surface area contributed by atoms with E-state index in [1.54, 1.807) is 4.90 Å². The number of likely N-dealkylation sites (tertiary alicyclic amines) is 2. The first-order chi connectivity index (χ1) is 32.9. The molecule has 2 atom stereocenters. The molecule has 4 aliphatic rings. The number of anilines is 1. The fraction of sp³-hybridized carbons (Fsp3) is 0.451. The van der Waals surface area contributed by atoms with E-state index in [1.807, 2.05) is 49.0 Å². The molecule has 3 saturated heterocycles. The van der Waals surface area contributed by atoms with Crippen molar-refractivity contribution >= 4 is 46.2 Å². The minimum atomic E-state index is -0.984. The molecule has 14 nitrogen and oxygen atoms in total. The Morgan fingerprint density at radius 2 is 1.76 bits per heavy atom. The number of ether oxygens (including phenoxy) is 2. The number of fused-ring (bicyclic) bond motifs is 2. The lowest BCUT2D eigenvalue weighted by Gasteiger charge is -2.42. The van der Waals surface area contributed by atoms with Crippen LogP contribution in [0, 0.1) is 11.6 Å². The number of hydrogen-bond acceptors (Lipinski definition) is 10. The van der Waals surface area contributed by atoms with Gasteiger partial charge in [-0.25, -0.2) is 13.6 Å². The van der Waals surface area contributed by atoms with E-state index in [0.717, 1.165) is 87.8 Å². The van der Waals surface area contributed by atoms with E-state index in [-0.39, 0.29) is 58.8 Å². The van der Waals surface area contributed by atoms with Gasteiger partial charge in [0.2, 0.25) is 11.8 Å². The van der Waals surface area contributed by atoms with Crippen molar-refractivity contribution < 1.29 is 37.7 Å². The van der Waals surface area contributed by atoms with Crippen molar-refractivity contribution in [1.82, 2.24) is 30.2 Å². The van der Waals surface area contributed by atoms with Crippen molar-refractivity contribution in [2.45, 2.75) is 75.3 Å². The standard InChI is InChI=1S/C51H59ClF2N8O6/c1-31-43-41(30-38(53)46(52)45(43)44-37(48(55)65)11-12-40(47(44)54)67-28-27-63)68-51(31,34-7-4-3-5-8-34)18-20-56-19-6-21-60-22-15-35(16-23-60)61-24-13-32(14-25-61)33-9-10-36-39(29-33)59(2)58-49(36)62-26-17-42(64)57-50(62)66/h3-5,7-12,29-32,35,56,63H,6,13-28H2,1-2H3,(H2,55,65)(H,57,64,66)/t31-,51?/m0/s1. The van der Waals surface area contributed by atoms with Crippen LogP contribution in [0.25, 0.3) is 22.0 Å². The minimum absolute atomic E-state index is 0.0174. The largest absolute Gasteiger partial charge is 0.488 e. The fourth-order valence-corrected chi connectivity index (χ4v) is 11.3. The Balaban J connectivity index is 0.779. The first-order valence-corrected chi connectivity index (χ1v) is 24.1. The molecule has 3 fully saturated rings. The van der Waals surface area contributed by atoms with Crippen LogP contribution in [-0.4, -0.2) is 114 Å². The molecular weight excluding hydrogens is 894 g/mol. The summed E-state index contributed by atoms with van der Waals surface area (Å²) in [4.78, 5) is 43.8. The number of hydrogen-bond donors (Lipinski definition) is 4. The van der Waals surface area contributed by atoms with Crippen LogP contribution >= 0.6 is 11.6 Å². The quantitative estimate of drug-likeness (QED) is 0.0744. The molecule has 5 heterocycles. The zero-order chi connectivity index (χ0) is 47.7. The topological polar surface area (TPSA) is 168 Å². The Labute approximate surface area is 399 Å². The summed E-state index contributed by atoms with van der Waals surface area (Å²) < 4.78 is 46.2. The van der Waals surface area contributed by atoms with E-state index in [4.69, 9.17) is 26.8 Å². The number of urea groups is 1. The number of carbonyl (C=O) groups is 3. The highest BCUT2D eigenvalue weighted by Gasteiger charge is 2.49. The number of nitrogens with zero attached hydrogens (tertiary/aromatic N) is 5. The van der Waals surface area contributed by atoms with Crippen LogP contribution in [0.1, 0.15) is 90.8 Å². The summed E-state index contributed by atoms with van der Waals surface area (Å²) in [6.07, 6.45) is 6.20. The van der Waals surface area contributed by atoms with Crippen LogP contribution in [0.3, 0.4) is 0 Å². The van der Waals surface area contributed by atoms with Crippen molar-refractivity contribution in [1.29, 1.82) is 0 Å². The molecule has 4 aromatic carbocycles. The lowest BCUT2D eigenvalue weighted by molar-refractivity contribution is -0.120. The number of piperidine rings is 2. The second-order valence-electron chi connectivity index (χ2n) is 18.5. The zero-order valence-electron chi connectivity index (χ0n) is 38.5. The third-order valence-corrected chi connectivity index (χ3v) is 15.0. The van der Waals surface area contributed by atoms with Gasteiger partial charge in [-0.3, -0.25) is 24.5 Å². The first-order valence-electron chi connectivity index (χ1n) is 23.8. The molecule has 68 heavy (non-hydrogen) atoms. The monoisotopic (exact) mass is 952 g/mol. The summed E-state index contributed by atoms with van der Waals surface area (Å²) in [7, 11) is 1.90. The molecule has 0 bridgehead atoms. The number of nitrogens with one attached hydrogen (secondary N) is 2. The van der Waals surface area contributed by atoms with Crippen LogP contribution < -0.4 is 30.7 Å². The number of imide groups is 1. The van der Waals surface area contributed by atoms with Crippen molar-refractivity contribution in [3.05, 3.63) is 106 Å². The van der Waals surface area contributed by atoms with E-state index < -0.39 is 35.1 Å². The number of primary amides is 1. The van der Waals surface area contributed by atoms with Gasteiger partial charge in [-0.1, -0.05) is 54.9 Å². The second-order valence-corrected chi connectivity index (χ2v) is 18.9. The number of aliphatic hydroxyl groups is 1. The zero-order valence-corrected chi connectivity index (χ0v) is 39.3. The van der Waals surface area contributed by atoms with Gasteiger partial charge in [0.25, 0.3) is 0 Å². The molecule has 1 aromatic heterocycles. The van der Waals surface area contributed by atoms with E-state index in [1.165, 1.54) is 23.8 Å². The van der Waals surface area contributed by atoms with Gasteiger partial charge in [-0.15, -0.1) is 0 Å². The molecule has 0 aliphatic carbocycles. The SMILES string of the molecule is C[C@H]1c2c(cc(F)c(Cl)c2-c2c(C(N)=O)ccc(OCCO)c2F)OC1(CCNCCCN1CCC(N2CCC(c3ccc4c(N5CCC(=O)NC5=O)nn(C)c4c3)CC2)CC1)c1ccccc1. The van der Waals surface area contributed by atoms with E-state index >= 15 is 8.78 Å². The third-order valence-electron chi connectivity index (χ3n) is 14.6. The predicted octanol–water partition coefficient (Wildman–Crippen LogP) is 7.19. The normalized spacial score (nSPS) is 20.7. The Bertz CT molecular complexity index is 2690. The Morgan fingerprint density at radius 1 is 1.00 bits per heavy atom. The van der Waals surface area contributed by atoms with Gasteiger partial charge >= 0.3 is 6.03 Å². The molecule has 4 amide bonds. The summed E-state index contributed by atoms with van der Waals surface area (Å²) >= 11 is 6.70. The average molecular weight is 954 g/mol. The van der Waals surface area contributed by atoms with Gasteiger partial charge in [-0.2, -0.15) is 5.10 Å². The summed E-state index contributed by atoms with van der Waals surface area (Å²) in [5.41, 5.74) is 7.88. The van der Waals surface area contributed by atoms with E-state index in [9.17, 15) is 19.5 Å². The van der Waals surface area contributed by atoms with Crippen molar-refractivity contribution in [3.63, 3.8) is 0 Å². The van der Waals surface area contributed by atoms with Crippen LogP contribution in [-0.2, 0) is 17.4 Å². The lowest BCUT2D eigenvalue weighted by Crippen LogP contribution is -2.49. The second kappa shape index (κ2) is 20.1. The number of nitrogens with two attached hydrogens (primary N) is 1. The fourth-order valence-electron chi connectivity index (χ4n) is 11.0. The van der Waals surface area contributed by atoms with Gasteiger partial charge < -0.3 is 35.4 Å². The Kier molecular flexibility index (Phi) is 14.0. The molecule has 5 aromatic rings. The molecule has 4 aliphatic heterocycles. The molecule has 0 saturated carbocycles. The number of aryl methyl sites for hydroxylation is 1. The molecule has 0 spiro atoms. The third kappa shape index (κ3) is 9.16. The molecule has 5 N–H and O–H groups in total. The van der Waals surface area contributed by atoms with Gasteiger partial charge in [0.15, 0.2) is 17.4 Å². The summed E-state index contributed by atoms with van der Waals surface area (Å²) in [5.74, 6) is -2.42. The number of benzene rings is 4. The molecule has 9 rings (SSSR count).